The van der Waals surface area contributed by atoms with Crippen molar-refractivity contribution < 1.29 is 15.0 Å². The maximum absolute atomic E-state index is 10.9. The van der Waals surface area contributed by atoms with Gasteiger partial charge in [0.25, 0.3) is 0 Å². The van der Waals surface area contributed by atoms with Crippen molar-refractivity contribution in [1.29, 1.82) is 0 Å². The van der Waals surface area contributed by atoms with Crippen LogP contribution in [0.4, 0.5) is 5.69 Å². The largest absolute Gasteiger partial charge is 0.507 e. The highest BCUT2D eigenvalue weighted by Gasteiger charge is 2.09. The van der Waals surface area contributed by atoms with E-state index in [-0.39, 0.29) is 11.3 Å². The molecule has 0 unspecified atom stereocenters. The van der Waals surface area contributed by atoms with Crippen LogP contribution in [0.15, 0.2) is 48.5 Å². The second kappa shape index (κ2) is 5.91. The Morgan fingerprint density at radius 2 is 1.84 bits per heavy atom. The minimum atomic E-state index is -1.13. The number of hydrogen-bond donors (Lipinski definition) is 3. The van der Waals surface area contributed by atoms with Crippen LogP contribution in [-0.2, 0) is 6.42 Å². The number of hydrogen-bond acceptors (Lipinski definition) is 3. The van der Waals surface area contributed by atoms with E-state index in [0.717, 1.165) is 6.42 Å². The fraction of sp³-hybridized carbons (Fsp3) is 0.133. The smallest absolute Gasteiger partial charge is 0.339 e. The predicted molar refractivity (Wildman–Crippen MR) is 73.7 cm³/mol. The van der Waals surface area contributed by atoms with Crippen molar-refractivity contribution in [3.05, 3.63) is 59.7 Å². The molecular formula is C15H15NO3. The van der Waals surface area contributed by atoms with Crippen molar-refractivity contribution in [3.63, 3.8) is 0 Å². The minimum Gasteiger partial charge on any atom is -0.507 e. The summed E-state index contributed by atoms with van der Waals surface area (Å²) in [6.07, 6.45) is 0.851. The van der Waals surface area contributed by atoms with Crippen LogP contribution in [0.25, 0.3) is 0 Å². The molecule has 3 N–H and O–H groups in total. The van der Waals surface area contributed by atoms with E-state index < -0.39 is 5.97 Å². The van der Waals surface area contributed by atoms with Crippen LogP contribution >= 0.6 is 0 Å². The Labute approximate surface area is 111 Å². The zero-order chi connectivity index (χ0) is 13.7. The number of anilines is 1. The number of carbonyl (C=O) groups is 1. The van der Waals surface area contributed by atoms with Crippen LogP contribution in [-0.4, -0.2) is 22.7 Å². The third-order valence-electron chi connectivity index (χ3n) is 2.81. The minimum absolute atomic E-state index is 0.0929. The average Bonchev–Trinajstić information content (AvgIpc) is 2.41. The number of carboxylic acid groups (broad SMARTS) is 1. The number of aromatic carboxylic acids is 1. The fourth-order valence-corrected chi connectivity index (χ4v) is 1.81. The van der Waals surface area contributed by atoms with E-state index >= 15 is 0 Å². The zero-order valence-corrected chi connectivity index (χ0v) is 10.3. The highest BCUT2D eigenvalue weighted by atomic mass is 16.4. The van der Waals surface area contributed by atoms with E-state index in [1.165, 1.54) is 17.7 Å². The van der Waals surface area contributed by atoms with Crippen LogP contribution in [0.2, 0.25) is 0 Å². The number of carboxylic acids is 1. The molecule has 0 bridgehead atoms. The van der Waals surface area contributed by atoms with Gasteiger partial charge in [-0.15, -0.1) is 0 Å². The summed E-state index contributed by atoms with van der Waals surface area (Å²) in [5.74, 6) is -1.36. The summed E-state index contributed by atoms with van der Waals surface area (Å²) in [4.78, 5) is 10.9. The van der Waals surface area contributed by atoms with Crippen molar-refractivity contribution >= 4 is 11.7 Å². The monoisotopic (exact) mass is 257 g/mol. The van der Waals surface area contributed by atoms with Crippen LogP contribution in [0.5, 0.6) is 5.75 Å². The van der Waals surface area contributed by atoms with Crippen LogP contribution in [0, 0.1) is 0 Å². The van der Waals surface area contributed by atoms with Crippen LogP contribution in [0.1, 0.15) is 15.9 Å². The number of rotatable bonds is 5. The van der Waals surface area contributed by atoms with Gasteiger partial charge in [-0.05, 0) is 30.2 Å². The molecule has 0 aliphatic carbocycles. The first-order valence-electron chi connectivity index (χ1n) is 6.01. The Kier molecular flexibility index (Phi) is 4.03. The van der Waals surface area contributed by atoms with Crippen LogP contribution < -0.4 is 5.32 Å². The lowest BCUT2D eigenvalue weighted by Crippen LogP contribution is -2.06. The highest BCUT2D eigenvalue weighted by Crippen LogP contribution is 2.21. The summed E-state index contributed by atoms with van der Waals surface area (Å²) >= 11 is 0. The summed E-state index contributed by atoms with van der Waals surface area (Å²) in [5, 5.41) is 21.4. The second-order valence-electron chi connectivity index (χ2n) is 4.20. The summed E-state index contributed by atoms with van der Waals surface area (Å²) < 4.78 is 0. The van der Waals surface area contributed by atoms with Crippen molar-refractivity contribution in [2.45, 2.75) is 6.42 Å². The van der Waals surface area contributed by atoms with Gasteiger partial charge >= 0.3 is 5.97 Å². The van der Waals surface area contributed by atoms with Crippen molar-refractivity contribution in [3.8, 4) is 5.75 Å². The van der Waals surface area contributed by atoms with Crippen molar-refractivity contribution in [2.75, 3.05) is 11.9 Å². The molecule has 0 radical (unpaired) electrons. The number of benzene rings is 2. The molecular weight excluding hydrogens is 242 g/mol. The molecule has 0 aliphatic heterocycles. The molecule has 0 heterocycles. The molecule has 0 aliphatic rings. The van der Waals surface area contributed by atoms with Crippen LogP contribution in [0.3, 0.4) is 0 Å². The molecule has 19 heavy (non-hydrogen) atoms. The van der Waals surface area contributed by atoms with Gasteiger partial charge in [-0.3, -0.25) is 0 Å². The molecule has 2 rings (SSSR count). The normalized spacial score (nSPS) is 10.1. The summed E-state index contributed by atoms with van der Waals surface area (Å²) in [6, 6.07) is 14.5. The topological polar surface area (TPSA) is 69.6 Å². The Morgan fingerprint density at radius 3 is 2.53 bits per heavy atom. The number of aromatic hydroxyl groups is 1. The Bertz CT molecular complexity index is 567. The van der Waals surface area contributed by atoms with Gasteiger partial charge in [0.05, 0.1) is 0 Å². The van der Waals surface area contributed by atoms with E-state index in [4.69, 9.17) is 5.11 Å². The van der Waals surface area contributed by atoms with E-state index in [1.54, 1.807) is 6.07 Å². The van der Waals surface area contributed by atoms with Crippen molar-refractivity contribution in [1.82, 2.24) is 0 Å². The summed E-state index contributed by atoms with van der Waals surface area (Å²) in [5.41, 5.74) is 1.81. The molecule has 4 nitrogen and oxygen atoms in total. The fourth-order valence-electron chi connectivity index (χ4n) is 1.81. The molecule has 4 heteroatoms. The number of phenols is 1. The lowest BCUT2D eigenvalue weighted by Gasteiger charge is -2.08. The quantitative estimate of drug-likeness (QED) is 0.720. The third kappa shape index (κ3) is 3.48. The van der Waals surface area contributed by atoms with Crippen molar-refractivity contribution in [2.24, 2.45) is 0 Å². The molecule has 2 aromatic rings. The van der Waals surface area contributed by atoms with Gasteiger partial charge in [0, 0.05) is 12.2 Å². The molecule has 0 saturated heterocycles. The van der Waals surface area contributed by atoms with Gasteiger partial charge in [-0.1, -0.05) is 30.3 Å². The van der Waals surface area contributed by atoms with Gasteiger partial charge in [0.15, 0.2) is 0 Å². The lowest BCUT2D eigenvalue weighted by atomic mass is 10.1. The van der Waals surface area contributed by atoms with E-state index in [0.29, 0.717) is 12.2 Å². The Morgan fingerprint density at radius 1 is 1.11 bits per heavy atom. The molecule has 2 aromatic carbocycles. The average molecular weight is 257 g/mol. The predicted octanol–water partition coefficient (Wildman–Crippen LogP) is 2.75. The first-order valence-corrected chi connectivity index (χ1v) is 6.01. The van der Waals surface area contributed by atoms with E-state index in [2.05, 4.69) is 5.32 Å². The Hall–Kier alpha value is -2.49. The van der Waals surface area contributed by atoms with Gasteiger partial charge in [0.2, 0.25) is 0 Å². The van der Waals surface area contributed by atoms with E-state index in [9.17, 15) is 9.90 Å². The summed E-state index contributed by atoms with van der Waals surface area (Å²) in [6.45, 7) is 0.702. The molecule has 0 spiro atoms. The van der Waals surface area contributed by atoms with Gasteiger partial charge in [-0.2, -0.15) is 0 Å². The lowest BCUT2D eigenvalue weighted by molar-refractivity contribution is 0.0694. The molecule has 0 amide bonds. The molecule has 0 atom stereocenters. The SMILES string of the molecule is O=C(O)c1cc(NCCc2ccccc2)ccc1O. The molecule has 0 saturated carbocycles. The number of nitrogens with one attached hydrogen (secondary N) is 1. The third-order valence-corrected chi connectivity index (χ3v) is 2.81. The standard InChI is InChI=1S/C15H15NO3/c17-14-7-6-12(10-13(14)15(18)19)16-9-8-11-4-2-1-3-5-11/h1-7,10,16-17H,8-9H2,(H,18,19). The summed E-state index contributed by atoms with van der Waals surface area (Å²) in [7, 11) is 0. The van der Waals surface area contributed by atoms with Gasteiger partial charge < -0.3 is 15.5 Å². The molecule has 0 aromatic heterocycles. The first kappa shape index (κ1) is 13.0. The molecule has 0 fully saturated rings. The zero-order valence-electron chi connectivity index (χ0n) is 10.3. The first-order chi connectivity index (χ1) is 9.16. The maximum Gasteiger partial charge on any atom is 0.339 e. The van der Waals surface area contributed by atoms with E-state index in [1.807, 2.05) is 30.3 Å². The second-order valence-corrected chi connectivity index (χ2v) is 4.20. The van der Waals surface area contributed by atoms with Gasteiger partial charge in [-0.25, -0.2) is 4.79 Å². The Balaban J connectivity index is 1.97. The molecule has 98 valence electrons. The van der Waals surface area contributed by atoms with Gasteiger partial charge in [0.1, 0.15) is 11.3 Å². The maximum atomic E-state index is 10.9. The highest BCUT2D eigenvalue weighted by molar-refractivity contribution is 5.91.